The molecular weight excluding hydrogens is 256 g/mol. The Morgan fingerprint density at radius 1 is 1.20 bits per heavy atom. The number of hydrogen-bond donors (Lipinski definition) is 3. The minimum absolute atomic E-state index is 0.326. The van der Waals surface area contributed by atoms with Crippen LogP contribution in [0.3, 0.4) is 0 Å². The molecule has 0 aliphatic heterocycles. The molecule has 0 aliphatic carbocycles. The molecule has 0 aliphatic rings. The van der Waals surface area contributed by atoms with Gasteiger partial charge in [0.15, 0.2) is 0 Å². The van der Waals surface area contributed by atoms with E-state index in [1.54, 1.807) is 6.92 Å². The molecule has 5 nitrogen and oxygen atoms in total. The molecule has 0 saturated heterocycles. The van der Waals surface area contributed by atoms with Crippen molar-refractivity contribution < 1.29 is 14.7 Å². The van der Waals surface area contributed by atoms with E-state index in [-0.39, 0.29) is 5.91 Å². The average Bonchev–Trinajstić information content (AvgIpc) is 2.44. The summed E-state index contributed by atoms with van der Waals surface area (Å²) in [7, 11) is 0. The van der Waals surface area contributed by atoms with Crippen molar-refractivity contribution in [2.75, 3.05) is 6.54 Å². The Morgan fingerprint density at radius 3 is 2.45 bits per heavy atom. The predicted molar refractivity (Wildman–Crippen MR) is 78.2 cm³/mol. The second kappa shape index (κ2) is 8.12. The third kappa shape index (κ3) is 5.67. The van der Waals surface area contributed by atoms with Crippen LogP contribution in [-0.2, 0) is 9.59 Å². The number of rotatable bonds is 7. The summed E-state index contributed by atoms with van der Waals surface area (Å²) in [5.41, 5.74) is 1.09. The van der Waals surface area contributed by atoms with E-state index in [2.05, 4.69) is 10.6 Å². The molecule has 0 radical (unpaired) electrons. The summed E-state index contributed by atoms with van der Waals surface area (Å²) in [4.78, 5) is 22.3. The van der Waals surface area contributed by atoms with Crippen LogP contribution in [0.15, 0.2) is 36.4 Å². The van der Waals surface area contributed by atoms with Crippen LogP contribution in [0, 0.1) is 0 Å². The van der Waals surface area contributed by atoms with Gasteiger partial charge in [0.2, 0.25) is 5.91 Å². The highest BCUT2D eigenvalue weighted by Gasteiger charge is 2.17. The zero-order valence-electron chi connectivity index (χ0n) is 11.7. The Labute approximate surface area is 118 Å². The van der Waals surface area contributed by atoms with Gasteiger partial charge in [-0.15, -0.1) is 0 Å². The molecule has 20 heavy (non-hydrogen) atoms. The van der Waals surface area contributed by atoms with Crippen LogP contribution >= 0.6 is 0 Å². The van der Waals surface area contributed by atoms with Crippen LogP contribution < -0.4 is 10.6 Å². The summed E-state index contributed by atoms with van der Waals surface area (Å²) in [6, 6.07) is 8.50. The Bertz CT molecular complexity index is 471. The monoisotopic (exact) mass is 276 g/mol. The number of amides is 1. The summed E-state index contributed by atoms with van der Waals surface area (Å²) in [5, 5.41) is 14.1. The Morgan fingerprint density at radius 2 is 1.85 bits per heavy atom. The molecule has 3 N–H and O–H groups in total. The number of carbonyl (C=O) groups is 2. The molecule has 0 bridgehead atoms. The molecule has 2 unspecified atom stereocenters. The summed E-state index contributed by atoms with van der Waals surface area (Å²) in [6.45, 7) is 3.66. The minimum atomic E-state index is -1.05. The van der Waals surface area contributed by atoms with Gasteiger partial charge in [-0.3, -0.25) is 9.59 Å². The van der Waals surface area contributed by atoms with Crippen molar-refractivity contribution in [2.24, 2.45) is 0 Å². The van der Waals surface area contributed by atoms with Gasteiger partial charge in [0.05, 0.1) is 6.04 Å². The van der Waals surface area contributed by atoms with Gasteiger partial charge in [0.1, 0.15) is 6.04 Å². The zero-order chi connectivity index (χ0) is 15.0. The molecule has 0 spiro atoms. The number of benzene rings is 1. The topological polar surface area (TPSA) is 78.4 Å². The largest absolute Gasteiger partial charge is 0.480 e. The van der Waals surface area contributed by atoms with Gasteiger partial charge in [-0.05, 0) is 19.4 Å². The van der Waals surface area contributed by atoms with Gasteiger partial charge in [-0.25, -0.2) is 0 Å². The molecular formula is C15H20N2O3. The number of carboxylic acid groups (broad SMARTS) is 1. The van der Waals surface area contributed by atoms with Gasteiger partial charge < -0.3 is 15.7 Å². The van der Waals surface area contributed by atoms with E-state index < -0.39 is 18.1 Å². The molecule has 2 atom stereocenters. The molecule has 1 amide bonds. The highest BCUT2D eigenvalue weighted by Crippen LogP contribution is 2.00. The molecule has 1 rings (SSSR count). The molecule has 5 heteroatoms. The average molecular weight is 276 g/mol. The van der Waals surface area contributed by atoms with Crippen molar-refractivity contribution in [1.82, 2.24) is 10.6 Å². The standard InChI is InChI=1S/C15H20N2O3/c1-11(14(18)17-12(2)15(19)20)16-10-6-9-13-7-4-3-5-8-13/h3-9,11-12,16H,10H2,1-2H3,(H,17,18)(H,19,20). The van der Waals surface area contributed by atoms with E-state index >= 15 is 0 Å². The van der Waals surface area contributed by atoms with Crippen LogP contribution in [0.1, 0.15) is 19.4 Å². The first-order chi connectivity index (χ1) is 9.50. The van der Waals surface area contributed by atoms with Crippen molar-refractivity contribution in [3.05, 3.63) is 42.0 Å². The molecule has 1 aromatic rings. The lowest BCUT2D eigenvalue weighted by Gasteiger charge is -2.15. The van der Waals surface area contributed by atoms with Gasteiger partial charge in [0.25, 0.3) is 0 Å². The molecule has 108 valence electrons. The molecule has 1 aromatic carbocycles. The van der Waals surface area contributed by atoms with Crippen molar-refractivity contribution in [3.8, 4) is 0 Å². The first-order valence-electron chi connectivity index (χ1n) is 6.49. The number of nitrogens with one attached hydrogen (secondary N) is 2. The molecule has 0 fully saturated rings. The SMILES string of the molecule is CC(NC(=O)C(C)NCC=Cc1ccccc1)C(=O)O. The summed E-state index contributed by atoms with van der Waals surface area (Å²) in [5.74, 6) is -1.37. The van der Waals surface area contributed by atoms with Crippen molar-refractivity contribution in [1.29, 1.82) is 0 Å². The van der Waals surface area contributed by atoms with E-state index in [1.165, 1.54) is 6.92 Å². The number of carbonyl (C=O) groups excluding carboxylic acids is 1. The summed E-state index contributed by atoms with van der Waals surface area (Å²) >= 11 is 0. The van der Waals surface area contributed by atoms with Crippen LogP contribution in [0.2, 0.25) is 0 Å². The lowest BCUT2D eigenvalue weighted by molar-refractivity contribution is -0.141. The molecule has 0 saturated carbocycles. The highest BCUT2D eigenvalue weighted by atomic mass is 16.4. The van der Waals surface area contributed by atoms with Crippen LogP contribution in [0.4, 0.5) is 0 Å². The van der Waals surface area contributed by atoms with Crippen molar-refractivity contribution in [2.45, 2.75) is 25.9 Å². The maximum atomic E-state index is 11.7. The fourth-order valence-electron chi connectivity index (χ4n) is 1.50. The zero-order valence-corrected chi connectivity index (χ0v) is 11.7. The number of hydrogen-bond acceptors (Lipinski definition) is 3. The second-order valence-corrected chi connectivity index (χ2v) is 4.51. The first-order valence-corrected chi connectivity index (χ1v) is 6.49. The third-order valence-electron chi connectivity index (χ3n) is 2.77. The van der Waals surface area contributed by atoms with E-state index in [9.17, 15) is 9.59 Å². The van der Waals surface area contributed by atoms with E-state index in [1.807, 2.05) is 42.5 Å². The molecule has 0 heterocycles. The van der Waals surface area contributed by atoms with Gasteiger partial charge in [0, 0.05) is 6.54 Å². The number of aliphatic carboxylic acids is 1. The fourth-order valence-corrected chi connectivity index (χ4v) is 1.50. The Kier molecular flexibility index (Phi) is 6.46. The summed E-state index contributed by atoms with van der Waals surface area (Å²) < 4.78 is 0. The Balaban J connectivity index is 2.32. The van der Waals surface area contributed by atoms with Gasteiger partial charge >= 0.3 is 5.97 Å². The van der Waals surface area contributed by atoms with E-state index in [0.29, 0.717) is 6.54 Å². The first kappa shape index (κ1) is 15.9. The van der Waals surface area contributed by atoms with Crippen LogP contribution in [0.5, 0.6) is 0 Å². The van der Waals surface area contributed by atoms with Gasteiger partial charge in [-0.2, -0.15) is 0 Å². The predicted octanol–water partition coefficient (Wildman–Crippen LogP) is 1.27. The minimum Gasteiger partial charge on any atom is -0.480 e. The molecule has 0 aromatic heterocycles. The van der Waals surface area contributed by atoms with Crippen LogP contribution in [0.25, 0.3) is 6.08 Å². The summed E-state index contributed by atoms with van der Waals surface area (Å²) in [6.07, 6.45) is 3.87. The quantitative estimate of drug-likeness (QED) is 0.700. The third-order valence-corrected chi connectivity index (χ3v) is 2.77. The maximum Gasteiger partial charge on any atom is 0.325 e. The normalized spacial score (nSPS) is 13.9. The van der Waals surface area contributed by atoms with E-state index in [4.69, 9.17) is 5.11 Å². The lowest BCUT2D eigenvalue weighted by atomic mass is 10.2. The fraction of sp³-hybridized carbons (Fsp3) is 0.333. The van der Waals surface area contributed by atoms with Crippen LogP contribution in [-0.4, -0.2) is 35.6 Å². The second-order valence-electron chi connectivity index (χ2n) is 4.51. The van der Waals surface area contributed by atoms with E-state index in [0.717, 1.165) is 5.56 Å². The van der Waals surface area contributed by atoms with Crippen molar-refractivity contribution in [3.63, 3.8) is 0 Å². The Hall–Kier alpha value is -2.14. The maximum absolute atomic E-state index is 11.7. The van der Waals surface area contributed by atoms with Crippen molar-refractivity contribution >= 4 is 18.0 Å². The van der Waals surface area contributed by atoms with Gasteiger partial charge in [-0.1, -0.05) is 42.5 Å². The number of carboxylic acids is 1. The lowest BCUT2D eigenvalue weighted by Crippen LogP contribution is -2.47. The highest BCUT2D eigenvalue weighted by molar-refractivity contribution is 5.86. The smallest absolute Gasteiger partial charge is 0.325 e.